The summed E-state index contributed by atoms with van der Waals surface area (Å²) in [5.74, 6) is 0.863. The molecule has 0 saturated carbocycles. The van der Waals surface area contributed by atoms with Gasteiger partial charge in [0.2, 0.25) is 5.91 Å². The molecule has 2 amide bonds. The van der Waals surface area contributed by atoms with Crippen LogP contribution in [0.5, 0.6) is 0 Å². The third kappa shape index (κ3) is 8.31. The zero-order valence-electron chi connectivity index (χ0n) is 24.5. The van der Waals surface area contributed by atoms with Gasteiger partial charge in [-0.2, -0.15) is 0 Å². The van der Waals surface area contributed by atoms with Crippen molar-refractivity contribution in [3.8, 4) is 0 Å². The number of halogens is 1. The SMILES string of the molecule is C=C1CCC(C)N1CCC(NC(=O)OC(C)(C)C)c1cccc(F)c1.CC(=O)N1CCc2nc(C)n(C)c2C1. The number of aromatic nitrogens is 2. The fourth-order valence-corrected chi connectivity index (χ4v) is 5.02. The van der Waals surface area contributed by atoms with Crippen LogP contribution in [0, 0.1) is 12.7 Å². The van der Waals surface area contributed by atoms with Gasteiger partial charge in [0.05, 0.1) is 24.0 Å². The molecular weight excluding hydrogens is 497 g/mol. The Labute approximate surface area is 232 Å². The number of rotatable bonds is 5. The van der Waals surface area contributed by atoms with Crippen molar-refractivity contribution in [2.45, 2.75) is 91.5 Å². The summed E-state index contributed by atoms with van der Waals surface area (Å²) >= 11 is 0. The van der Waals surface area contributed by atoms with E-state index in [1.54, 1.807) is 13.0 Å². The molecule has 0 aliphatic carbocycles. The molecule has 0 bridgehead atoms. The van der Waals surface area contributed by atoms with Crippen LogP contribution >= 0.6 is 0 Å². The van der Waals surface area contributed by atoms with Crippen LogP contribution in [0.25, 0.3) is 0 Å². The average Bonchev–Trinajstić information content (AvgIpc) is 3.32. The Morgan fingerprint density at radius 3 is 2.59 bits per heavy atom. The molecule has 2 aliphatic rings. The molecule has 1 aromatic heterocycles. The quantitative estimate of drug-likeness (QED) is 0.547. The van der Waals surface area contributed by atoms with Gasteiger partial charge in [0, 0.05) is 45.2 Å². The maximum atomic E-state index is 13.6. The third-order valence-corrected chi connectivity index (χ3v) is 7.31. The van der Waals surface area contributed by atoms with E-state index in [4.69, 9.17) is 4.74 Å². The van der Waals surface area contributed by atoms with Gasteiger partial charge >= 0.3 is 6.09 Å². The first kappa shape index (κ1) is 30.2. The van der Waals surface area contributed by atoms with Gasteiger partial charge in [-0.05, 0) is 71.6 Å². The van der Waals surface area contributed by atoms with Crippen molar-refractivity contribution in [3.63, 3.8) is 0 Å². The van der Waals surface area contributed by atoms with Crippen LogP contribution in [-0.2, 0) is 29.5 Å². The van der Waals surface area contributed by atoms with Crippen LogP contribution in [-0.4, -0.2) is 56.1 Å². The number of allylic oxidation sites excluding steroid dienone is 1. The van der Waals surface area contributed by atoms with Crippen molar-refractivity contribution in [2.75, 3.05) is 13.1 Å². The highest BCUT2D eigenvalue weighted by molar-refractivity contribution is 5.73. The Hall–Kier alpha value is -3.36. The summed E-state index contributed by atoms with van der Waals surface area (Å²) in [6.45, 7) is 17.6. The molecule has 0 spiro atoms. The summed E-state index contributed by atoms with van der Waals surface area (Å²) in [6.07, 6.45) is 3.16. The van der Waals surface area contributed by atoms with E-state index >= 15 is 0 Å². The highest BCUT2D eigenvalue weighted by Gasteiger charge is 2.26. The van der Waals surface area contributed by atoms with Crippen molar-refractivity contribution in [1.82, 2.24) is 24.7 Å². The fourth-order valence-electron chi connectivity index (χ4n) is 5.02. The minimum absolute atomic E-state index is 0.148. The average molecular weight is 542 g/mol. The summed E-state index contributed by atoms with van der Waals surface area (Å²) in [5, 5.41) is 2.89. The van der Waals surface area contributed by atoms with Gasteiger partial charge in [-0.3, -0.25) is 4.79 Å². The maximum Gasteiger partial charge on any atom is 0.408 e. The molecule has 4 rings (SSSR count). The van der Waals surface area contributed by atoms with Gasteiger partial charge in [-0.25, -0.2) is 14.2 Å². The van der Waals surface area contributed by atoms with E-state index in [9.17, 15) is 14.0 Å². The summed E-state index contributed by atoms with van der Waals surface area (Å²) in [6, 6.07) is 6.48. The van der Waals surface area contributed by atoms with E-state index in [1.807, 2.05) is 45.7 Å². The Morgan fingerprint density at radius 2 is 2.00 bits per heavy atom. The first-order valence-corrected chi connectivity index (χ1v) is 13.7. The highest BCUT2D eigenvalue weighted by atomic mass is 19.1. The second kappa shape index (κ2) is 12.7. The van der Waals surface area contributed by atoms with Gasteiger partial charge in [-0.1, -0.05) is 18.7 Å². The van der Waals surface area contributed by atoms with E-state index in [-0.39, 0.29) is 17.8 Å². The lowest BCUT2D eigenvalue weighted by atomic mass is 10.0. The number of hydrogen-bond acceptors (Lipinski definition) is 5. The number of nitrogens with zero attached hydrogens (tertiary/aromatic N) is 4. The molecule has 39 heavy (non-hydrogen) atoms. The standard InChI is InChI=1S/C20H29FN2O2.C10H15N3O/c1-14-9-10-15(2)23(14)12-11-18(16-7-6-8-17(21)13-16)22-19(24)25-20(3,4)5;1-7-11-9-4-5-13(8(2)14)6-10(9)12(7)3/h6-8,13,15,18H,1,9-12H2,2-5H3,(H,22,24);4-6H2,1-3H3. The van der Waals surface area contributed by atoms with Gasteiger partial charge in [0.15, 0.2) is 0 Å². The highest BCUT2D eigenvalue weighted by Crippen LogP contribution is 2.28. The van der Waals surface area contributed by atoms with E-state index in [0.29, 0.717) is 19.0 Å². The van der Waals surface area contributed by atoms with Crippen LogP contribution in [0.15, 0.2) is 36.5 Å². The molecule has 214 valence electrons. The lowest BCUT2D eigenvalue weighted by Crippen LogP contribution is -2.37. The summed E-state index contributed by atoms with van der Waals surface area (Å²) in [4.78, 5) is 32.0. The Bertz CT molecular complexity index is 1190. The third-order valence-electron chi connectivity index (χ3n) is 7.31. The molecule has 1 saturated heterocycles. The molecule has 1 aromatic carbocycles. The van der Waals surface area contributed by atoms with E-state index in [0.717, 1.165) is 55.1 Å². The number of amides is 2. The number of ether oxygens (including phenoxy) is 1. The molecule has 9 heteroatoms. The summed E-state index contributed by atoms with van der Waals surface area (Å²) in [7, 11) is 2.00. The number of fused-ring (bicyclic) bond motifs is 1. The summed E-state index contributed by atoms with van der Waals surface area (Å²) in [5.41, 5.74) is 3.63. The van der Waals surface area contributed by atoms with Gasteiger partial charge < -0.3 is 24.4 Å². The molecule has 2 atom stereocenters. The van der Waals surface area contributed by atoms with Gasteiger partial charge in [0.1, 0.15) is 17.2 Å². The van der Waals surface area contributed by atoms with Crippen LogP contribution in [0.4, 0.5) is 9.18 Å². The van der Waals surface area contributed by atoms with Crippen LogP contribution in [0.1, 0.15) is 82.7 Å². The molecule has 3 heterocycles. The number of alkyl carbamates (subject to hydrolysis) is 1. The second-order valence-electron chi connectivity index (χ2n) is 11.5. The molecule has 8 nitrogen and oxygen atoms in total. The van der Waals surface area contributed by atoms with Crippen molar-refractivity contribution in [1.29, 1.82) is 0 Å². The number of hydrogen-bond donors (Lipinski definition) is 1. The zero-order chi connectivity index (χ0) is 28.9. The van der Waals surface area contributed by atoms with E-state index in [2.05, 4.69) is 33.3 Å². The molecule has 2 aliphatic heterocycles. The van der Waals surface area contributed by atoms with Gasteiger partial charge in [-0.15, -0.1) is 0 Å². The predicted molar refractivity (Wildman–Crippen MR) is 150 cm³/mol. The normalized spacial score (nSPS) is 17.7. The lowest BCUT2D eigenvalue weighted by molar-refractivity contribution is -0.129. The van der Waals surface area contributed by atoms with E-state index < -0.39 is 11.7 Å². The molecular formula is C30H44FN5O3. The van der Waals surface area contributed by atoms with Crippen LogP contribution in [0.3, 0.4) is 0 Å². The predicted octanol–water partition coefficient (Wildman–Crippen LogP) is 5.41. The second-order valence-corrected chi connectivity index (χ2v) is 11.5. The number of likely N-dealkylation sites (tertiary alicyclic amines) is 1. The largest absolute Gasteiger partial charge is 0.444 e. The molecule has 2 aromatic rings. The zero-order valence-corrected chi connectivity index (χ0v) is 24.5. The van der Waals surface area contributed by atoms with Crippen LogP contribution in [0.2, 0.25) is 0 Å². The summed E-state index contributed by atoms with van der Waals surface area (Å²) < 4.78 is 21.1. The lowest BCUT2D eigenvalue weighted by Gasteiger charge is -2.28. The van der Waals surface area contributed by atoms with Crippen molar-refractivity contribution < 1.29 is 18.7 Å². The number of carbonyl (C=O) groups is 2. The molecule has 0 radical (unpaired) electrons. The van der Waals surface area contributed by atoms with E-state index in [1.165, 1.54) is 17.8 Å². The maximum absolute atomic E-state index is 13.6. The minimum atomic E-state index is -0.575. The smallest absolute Gasteiger partial charge is 0.408 e. The van der Waals surface area contributed by atoms with Crippen molar-refractivity contribution in [2.24, 2.45) is 7.05 Å². The molecule has 1 fully saturated rings. The Balaban J connectivity index is 0.000000252. The van der Waals surface area contributed by atoms with Gasteiger partial charge in [0.25, 0.3) is 0 Å². The Kier molecular flexibility index (Phi) is 9.80. The number of benzene rings is 1. The fraction of sp³-hybridized carbons (Fsp3) is 0.567. The Morgan fingerprint density at radius 1 is 1.28 bits per heavy atom. The van der Waals surface area contributed by atoms with Crippen molar-refractivity contribution in [3.05, 3.63) is 65.1 Å². The molecule has 2 unspecified atom stereocenters. The van der Waals surface area contributed by atoms with Crippen LogP contribution < -0.4 is 5.32 Å². The minimum Gasteiger partial charge on any atom is -0.444 e. The number of carbonyl (C=O) groups excluding carboxylic acids is 2. The molecule has 1 N–H and O–H groups in total. The number of aryl methyl sites for hydroxylation is 1. The monoisotopic (exact) mass is 541 g/mol. The first-order valence-electron chi connectivity index (χ1n) is 13.7. The number of nitrogens with one attached hydrogen (secondary N) is 1. The number of imidazole rings is 1. The van der Waals surface area contributed by atoms with Crippen molar-refractivity contribution >= 4 is 12.0 Å². The topological polar surface area (TPSA) is 79.7 Å². The first-order chi connectivity index (χ1) is 18.2.